The zero-order chi connectivity index (χ0) is 16.1. The first kappa shape index (κ1) is 15.5. The zero-order valence-corrected chi connectivity index (χ0v) is 13.4. The smallest absolute Gasteiger partial charge is 0.272 e. The molecule has 1 N–H and O–H groups in total. The Bertz CT molecular complexity index is 651. The minimum absolute atomic E-state index is 0.0319. The number of aromatic nitrogens is 2. The van der Waals surface area contributed by atoms with Gasteiger partial charge in [0.15, 0.2) is 0 Å². The van der Waals surface area contributed by atoms with Crippen molar-refractivity contribution < 1.29 is 4.79 Å². The summed E-state index contributed by atoms with van der Waals surface area (Å²) in [5.41, 5.74) is 2.57. The topological polar surface area (TPSA) is 58.1 Å². The normalized spacial score (nSPS) is 15.4. The number of likely N-dealkylation sites (tertiary alicyclic amines) is 1. The molecule has 0 unspecified atom stereocenters. The fraction of sp³-hybridized carbons (Fsp3) is 0.389. The second-order valence-electron chi connectivity index (χ2n) is 6.11. The van der Waals surface area contributed by atoms with E-state index in [-0.39, 0.29) is 5.91 Å². The van der Waals surface area contributed by atoms with Gasteiger partial charge in [0.25, 0.3) is 5.91 Å². The van der Waals surface area contributed by atoms with E-state index in [4.69, 9.17) is 0 Å². The van der Waals surface area contributed by atoms with Gasteiger partial charge in [0.1, 0.15) is 5.69 Å². The fourth-order valence-electron chi connectivity index (χ4n) is 2.74. The quantitative estimate of drug-likeness (QED) is 0.943. The van der Waals surface area contributed by atoms with Crippen molar-refractivity contribution in [3.05, 3.63) is 54.1 Å². The highest BCUT2D eigenvalue weighted by Gasteiger charge is 2.22. The second kappa shape index (κ2) is 7.22. The third-order valence-electron chi connectivity index (χ3n) is 4.30. The summed E-state index contributed by atoms with van der Waals surface area (Å²) in [6.45, 7) is 4.60. The standard InChI is InChI=1S/C18H22N4O/c1-14-5-10-22(11-6-14)18(23)17-12-16(4-9-20-17)21-13-15-2-7-19-8-3-15/h2-4,7-9,12,14H,5-6,10-11,13H2,1H3,(H,20,21). The maximum Gasteiger partial charge on any atom is 0.272 e. The highest BCUT2D eigenvalue weighted by Crippen LogP contribution is 2.18. The van der Waals surface area contributed by atoms with E-state index >= 15 is 0 Å². The van der Waals surface area contributed by atoms with Gasteiger partial charge in [0.05, 0.1) is 0 Å². The fourth-order valence-corrected chi connectivity index (χ4v) is 2.74. The molecule has 0 bridgehead atoms. The monoisotopic (exact) mass is 310 g/mol. The first-order chi connectivity index (χ1) is 11.2. The molecule has 120 valence electrons. The Morgan fingerprint density at radius 3 is 2.70 bits per heavy atom. The van der Waals surface area contributed by atoms with Crippen LogP contribution in [0.2, 0.25) is 0 Å². The van der Waals surface area contributed by atoms with Gasteiger partial charge in [-0.25, -0.2) is 0 Å². The van der Waals surface area contributed by atoms with Crippen LogP contribution in [-0.2, 0) is 6.54 Å². The maximum atomic E-state index is 12.6. The molecule has 0 aliphatic carbocycles. The summed E-state index contributed by atoms with van der Waals surface area (Å²) in [5, 5.41) is 3.33. The lowest BCUT2D eigenvalue weighted by Crippen LogP contribution is -2.38. The van der Waals surface area contributed by atoms with Crippen LogP contribution in [-0.4, -0.2) is 33.9 Å². The molecular weight excluding hydrogens is 288 g/mol. The van der Waals surface area contributed by atoms with Crippen molar-refractivity contribution in [1.82, 2.24) is 14.9 Å². The first-order valence-electron chi connectivity index (χ1n) is 8.10. The largest absolute Gasteiger partial charge is 0.381 e. The summed E-state index contributed by atoms with van der Waals surface area (Å²) >= 11 is 0. The van der Waals surface area contributed by atoms with Crippen LogP contribution >= 0.6 is 0 Å². The first-order valence-corrected chi connectivity index (χ1v) is 8.10. The predicted molar refractivity (Wildman–Crippen MR) is 90.1 cm³/mol. The van der Waals surface area contributed by atoms with Crippen LogP contribution in [0.15, 0.2) is 42.9 Å². The minimum Gasteiger partial charge on any atom is -0.381 e. The highest BCUT2D eigenvalue weighted by molar-refractivity contribution is 5.93. The zero-order valence-electron chi connectivity index (χ0n) is 13.4. The molecule has 3 rings (SSSR count). The summed E-state index contributed by atoms with van der Waals surface area (Å²) in [4.78, 5) is 22.7. The Balaban J connectivity index is 1.64. The van der Waals surface area contributed by atoms with E-state index in [1.54, 1.807) is 18.6 Å². The molecular formula is C18H22N4O. The number of nitrogens with one attached hydrogen (secondary N) is 1. The molecule has 0 spiro atoms. The number of piperidine rings is 1. The Labute approximate surface area is 136 Å². The molecule has 2 aromatic rings. The van der Waals surface area contributed by atoms with E-state index in [1.165, 1.54) is 0 Å². The number of hydrogen-bond acceptors (Lipinski definition) is 4. The Morgan fingerprint density at radius 1 is 1.22 bits per heavy atom. The van der Waals surface area contributed by atoms with Crippen molar-refractivity contribution in [1.29, 1.82) is 0 Å². The van der Waals surface area contributed by atoms with Crippen molar-refractivity contribution >= 4 is 11.6 Å². The van der Waals surface area contributed by atoms with Crippen LogP contribution < -0.4 is 5.32 Å². The van der Waals surface area contributed by atoms with E-state index in [2.05, 4.69) is 22.2 Å². The number of carbonyl (C=O) groups is 1. The summed E-state index contributed by atoms with van der Waals surface area (Å²) in [7, 11) is 0. The van der Waals surface area contributed by atoms with Gasteiger partial charge in [-0.15, -0.1) is 0 Å². The lowest BCUT2D eigenvalue weighted by atomic mass is 9.99. The molecule has 1 amide bonds. The number of nitrogens with zero attached hydrogens (tertiary/aromatic N) is 3. The van der Waals surface area contributed by atoms with Crippen LogP contribution in [0, 0.1) is 5.92 Å². The predicted octanol–water partition coefficient (Wildman–Crippen LogP) is 2.96. The van der Waals surface area contributed by atoms with Crippen molar-refractivity contribution in [2.75, 3.05) is 18.4 Å². The molecule has 5 nitrogen and oxygen atoms in total. The average molecular weight is 310 g/mol. The van der Waals surface area contributed by atoms with Crippen LogP contribution in [0.4, 0.5) is 5.69 Å². The third kappa shape index (κ3) is 4.06. The van der Waals surface area contributed by atoms with E-state index in [1.807, 2.05) is 29.2 Å². The minimum atomic E-state index is 0.0319. The number of pyridine rings is 2. The van der Waals surface area contributed by atoms with Gasteiger partial charge in [0, 0.05) is 43.9 Å². The van der Waals surface area contributed by atoms with Crippen LogP contribution in [0.5, 0.6) is 0 Å². The Kier molecular flexibility index (Phi) is 4.86. The lowest BCUT2D eigenvalue weighted by molar-refractivity contribution is 0.0691. The SMILES string of the molecule is CC1CCN(C(=O)c2cc(NCc3ccncc3)ccn2)CC1. The molecule has 1 fully saturated rings. The van der Waals surface area contributed by atoms with E-state index in [0.29, 0.717) is 18.2 Å². The molecule has 2 aromatic heterocycles. The van der Waals surface area contributed by atoms with Gasteiger partial charge >= 0.3 is 0 Å². The van der Waals surface area contributed by atoms with Crippen molar-refractivity contribution in [2.24, 2.45) is 5.92 Å². The van der Waals surface area contributed by atoms with Crippen molar-refractivity contribution in [2.45, 2.75) is 26.3 Å². The second-order valence-corrected chi connectivity index (χ2v) is 6.11. The van der Waals surface area contributed by atoms with Crippen LogP contribution in [0.25, 0.3) is 0 Å². The molecule has 1 aliphatic heterocycles. The number of hydrogen-bond donors (Lipinski definition) is 1. The number of anilines is 1. The van der Waals surface area contributed by atoms with Crippen molar-refractivity contribution in [3.8, 4) is 0 Å². The summed E-state index contributed by atoms with van der Waals surface area (Å²) in [5.74, 6) is 0.741. The number of carbonyl (C=O) groups excluding carboxylic acids is 1. The van der Waals surface area contributed by atoms with Crippen molar-refractivity contribution in [3.63, 3.8) is 0 Å². The molecule has 5 heteroatoms. The highest BCUT2D eigenvalue weighted by atomic mass is 16.2. The van der Waals surface area contributed by atoms with Crippen LogP contribution in [0.3, 0.4) is 0 Å². The van der Waals surface area contributed by atoms with Gasteiger partial charge in [-0.1, -0.05) is 6.92 Å². The van der Waals surface area contributed by atoms with Gasteiger partial charge in [0.2, 0.25) is 0 Å². The third-order valence-corrected chi connectivity index (χ3v) is 4.30. The molecule has 0 saturated carbocycles. The maximum absolute atomic E-state index is 12.6. The summed E-state index contributed by atoms with van der Waals surface area (Å²) in [6.07, 6.45) is 7.39. The summed E-state index contributed by atoms with van der Waals surface area (Å²) < 4.78 is 0. The van der Waals surface area contributed by atoms with E-state index < -0.39 is 0 Å². The Hall–Kier alpha value is -2.43. The molecule has 1 saturated heterocycles. The van der Waals surface area contributed by atoms with Gasteiger partial charge in [-0.3, -0.25) is 14.8 Å². The molecule has 0 radical (unpaired) electrons. The van der Waals surface area contributed by atoms with Gasteiger partial charge in [-0.2, -0.15) is 0 Å². The number of amides is 1. The van der Waals surface area contributed by atoms with Gasteiger partial charge in [-0.05, 0) is 48.6 Å². The lowest BCUT2D eigenvalue weighted by Gasteiger charge is -2.30. The molecule has 0 atom stereocenters. The van der Waals surface area contributed by atoms with Gasteiger partial charge < -0.3 is 10.2 Å². The Morgan fingerprint density at radius 2 is 1.96 bits per heavy atom. The molecule has 3 heterocycles. The summed E-state index contributed by atoms with van der Waals surface area (Å²) in [6, 6.07) is 7.65. The van der Waals surface area contributed by atoms with E-state index in [0.717, 1.165) is 37.2 Å². The average Bonchev–Trinajstić information content (AvgIpc) is 2.61. The molecule has 1 aliphatic rings. The van der Waals surface area contributed by atoms with Crippen LogP contribution in [0.1, 0.15) is 35.8 Å². The molecule has 0 aromatic carbocycles. The van der Waals surface area contributed by atoms with E-state index in [9.17, 15) is 4.79 Å². The number of rotatable bonds is 4. The molecule has 23 heavy (non-hydrogen) atoms.